The van der Waals surface area contributed by atoms with Crippen LogP contribution in [0.4, 0.5) is 0 Å². The molecule has 0 aromatic rings. The molecule has 96 valence electrons. The molecule has 0 atom stereocenters. The third-order valence-electron chi connectivity index (χ3n) is 2.55. The summed E-state index contributed by atoms with van der Waals surface area (Å²) in [5, 5.41) is 0. The summed E-state index contributed by atoms with van der Waals surface area (Å²) in [4.78, 5) is 0. The lowest BCUT2D eigenvalue weighted by molar-refractivity contribution is 0.404. The first-order valence-corrected chi connectivity index (χ1v) is 13.5. The van der Waals surface area contributed by atoms with Gasteiger partial charge in [-0.25, -0.2) is 0 Å². The molecule has 5 heteroatoms. The van der Waals surface area contributed by atoms with Gasteiger partial charge in [0.05, 0.1) is 0 Å². The minimum Gasteiger partial charge on any atom is -0.430 e. The Bertz CT molecular complexity index is 278. The fourth-order valence-electron chi connectivity index (χ4n) is 1.41. The second kappa shape index (κ2) is 5.92. The van der Waals surface area contributed by atoms with Crippen LogP contribution >= 0.6 is 0 Å². The lowest BCUT2D eigenvalue weighted by Crippen LogP contribution is -2.52. The predicted octanol–water partition coefficient (Wildman–Crippen LogP) is 3.77. The van der Waals surface area contributed by atoms with Gasteiger partial charge in [0, 0.05) is 0 Å². The molecule has 0 rings (SSSR count). The summed E-state index contributed by atoms with van der Waals surface area (Å²) < 4.78 is 12.4. The first-order valence-electron chi connectivity index (χ1n) is 5.60. The zero-order chi connectivity index (χ0) is 13.7. The maximum absolute atomic E-state index is 6.18. The fourth-order valence-corrected chi connectivity index (χ4v) is 12.1. The molecule has 0 aromatic carbocycles. The molecule has 0 spiro atoms. The molecule has 0 fully saturated rings. The van der Waals surface area contributed by atoms with Crippen LogP contribution in [0.25, 0.3) is 0 Å². The summed E-state index contributed by atoms with van der Waals surface area (Å²) in [6.45, 7) is 23.5. The Morgan fingerprint density at radius 3 is 1.06 bits per heavy atom. The minimum atomic E-state index is -2.22. The van der Waals surface area contributed by atoms with Crippen molar-refractivity contribution in [3.63, 3.8) is 0 Å². The van der Waals surface area contributed by atoms with Gasteiger partial charge in [-0.05, 0) is 26.2 Å². The molecule has 0 saturated carbocycles. The van der Waals surface area contributed by atoms with E-state index in [-0.39, 0.29) is 0 Å². The summed E-state index contributed by atoms with van der Waals surface area (Å²) in [5.74, 6) is 0. The second-order valence-electron chi connectivity index (χ2n) is 4.79. The molecule has 0 aliphatic carbocycles. The lowest BCUT2D eigenvalue weighted by atomic mass is 11.2. The molecular formula is C12H24O2Si3. The molecule has 0 amide bonds. The Morgan fingerprint density at radius 2 is 0.882 bits per heavy atom. The summed E-state index contributed by atoms with van der Waals surface area (Å²) in [5.41, 5.74) is 7.50. The van der Waals surface area contributed by atoms with E-state index in [9.17, 15) is 0 Å². The van der Waals surface area contributed by atoms with Crippen molar-refractivity contribution in [3.05, 3.63) is 49.1 Å². The van der Waals surface area contributed by atoms with Gasteiger partial charge in [0.2, 0.25) is 16.6 Å². The number of hydrogen-bond acceptors (Lipinski definition) is 2. The highest BCUT2D eigenvalue weighted by Gasteiger charge is 2.39. The molecule has 0 bridgehead atoms. The lowest BCUT2D eigenvalue weighted by Gasteiger charge is -2.36. The van der Waals surface area contributed by atoms with Gasteiger partial charge < -0.3 is 8.23 Å². The highest BCUT2D eigenvalue weighted by atomic mass is 28.5. The van der Waals surface area contributed by atoms with Crippen molar-refractivity contribution in [2.75, 3.05) is 0 Å². The molecule has 0 aromatic heterocycles. The molecule has 0 unspecified atom stereocenters. The van der Waals surface area contributed by atoms with Crippen LogP contribution in [0.1, 0.15) is 0 Å². The molecule has 0 heterocycles. The summed E-state index contributed by atoms with van der Waals surface area (Å²) in [6.07, 6.45) is 0. The van der Waals surface area contributed by atoms with Gasteiger partial charge in [0.25, 0.3) is 0 Å². The van der Waals surface area contributed by atoms with Crippen LogP contribution in [0.2, 0.25) is 26.2 Å². The Balaban J connectivity index is 4.91. The third kappa shape index (κ3) is 5.14. The summed E-state index contributed by atoms with van der Waals surface area (Å²) >= 11 is 0. The Kier molecular flexibility index (Phi) is 5.76. The molecule has 0 radical (unpaired) electrons. The normalized spacial score (nSPS) is 12.9. The molecule has 17 heavy (non-hydrogen) atoms. The van der Waals surface area contributed by atoms with E-state index in [4.69, 9.17) is 8.23 Å². The van der Waals surface area contributed by atoms with Crippen molar-refractivity contribution >= 4 is 25.2 Å². The van der Waals surface area contributed by atoms with Crippen molar-refractivity contribution in [3.8, 4) is 0 Å². The third-order valence-corrected chi connectivity index (χ3v) is 13.2. The average Bonchev–Trinajstić information content (AvgIpc) is 2.27. The van der Waals surface area contributed by atoms with Crippen molar-refractivity contribution in [2.24, 2.45) is 0 Å². The first-order chi connectivity index (χ1) is 7.66. The van der Waals surface area contributed by atoms with Gasteiger partial charge in [0.1, 0.15) is 0 Å². The van der Waals surface area contributed by atoms with Gasteiger partial charge in [-0.1, -0.05) is 22.8 Å². The number of rotatable bonds is 8. The summed E-state index contributed by atoms with van der Waals surface area (Å²) in [6, 6.07) is 0. The first kappa shape index (κ1) is 16.5. The van der Waals surface area contributed by atoms with E-state index in [1.54, 1.807) is 0 Å². The van der Waals surface area contributed by atoms with E-state index in [0.717, 1.165) is 0 Å². The van der Waals surface area contributed by atoms with Crippen molar-refractivity contribution in [1.29, 1.82) is 0 Å². The Hall–Kier alpha value is -0.469. The van der Waals surface area contributed by atoms with Crippen LogP contribution in [0.3, 0.4) is 0 Å². The second-order valence-corrected chi connectivity index (χ2v) is 15.6. The SMILES string of the molecule is C=C[Si](C)(C=C)O[Si](C)(C)O[Si](C)(C=C)C=C. The maximum atomic E-state index is 6.18. The zero-order valence-electron chi connectivity index (χ0n) is 11.5. The molecule has 0 aliphatic rings. The standard InChI is InChI=1S/C12H24O2Si3/c1-9-16(7,10-2)13-15(5,6)14-17(8,11-3)12-4/h9-12H,1-4H2,5-8H3. The van der Waals surface area contributed by atoms with Crippen molar-refractivity contribution < 1.29 is 8.23 Å². The van der Waals surface area contributed by atoms with Gasteiger partial charge in [-0.3, -0.25) is 0 Å². The van der Waals surface area contributed by atoms with E-state index in [0.29, 0.717) is 0 Å². The van der Waals surface area contributed by atoms with E-state index in [1.807, 2.05) is 35.9 Å². The number of hydrogen-bond donors (Lipinski definition) is 0. The van der Waals surface area contributed by atoms with E-state index in [1.165, 1.54) is 0 Å². The monoisotopic (exact) mass is 284 g/mol. The van der Waals surface area contributed by atoms with Crippen LogP contribution in [0.15, 0.2) is 49.1 Å². The van der Waals surface area contributed by atoms with Crippen molar-refractivity contribution in [2.45, 2.75) is 26.2 Å². The highest BCUT2D eigenvalue weighted by Crippen LogP contribution is 2.22. The summed E-state index contributed by atoms with van der Waals surface area (Å²) in [7, 11) is -6.30. The quantitative estimate of drug-likeness (QED) is 0.632. The van der Waals surface area contributed by atoms with Gasteiger partial charge >= 0.3 is 8.56 Å². The molecule has 2 nitrogen and oxygen atoms in total. The minimum absolute atomic E-state index is 1.87. The Labute approximate surface area is 109 Å². The highest BCUT2D eigenvalue weighted by molar-refractivity contribution is 6.94. The largest absolute Gasteiger partial charge is 0.430 e. The van der Waals surface area contributed by atoms with E-state index < -0.39 is 25.2 Å². The van der Waals surface area contributed by atoms with Gasteiger partial charge in [-0.2, -0.15) is 0 Å². The molecule has 0 saturated heterocycles. The Morgan fingerprint density at radius 1 is 0.647 bits per heavy atom. The molecule has 0 N–H and O–H groups in total. The van der Waals surface area contributed by atoms with Crippen LogP contribution in [0, 0.1) is 0 Å². The van der Waals surface area contributed by atoms with Crippen LogP contribution in [0.5, 0.6) is 0 Å². The predicted molar refractivity (Wildman–Crippen MR) is 83.7 cm³/mol. The average molecular weight is 285 g/mol. The van der Waals surface area contributed by atoms with Crippen LogP contribution in [-0.2, 0) is 8.23 Å². The smallest absolute Gasteiger partial charge is 0.312 e. The fraction of sp³-hybridized carbons (Fsp3) is 0.333. The van der Waals surface area contributed by atoms with Gasteiger partial charge in [0.15, 0.2) is 0 Å². The topological polar surface area (TPSA) is 18.5 Å². The van der Waals surface area contributed by atoms with E-state index >= 15 is 0 Å². The maximum Gasteiger partial charge on any atom is 0.312 e. The van der Waals surface area contributed by atoms with Crippen LogP contribution in [-0.4, -0.2) is 25.2 Å². The molecule has 0 aliphatic heterocycles. The van der Waals surface area contributed by atoms with Gasteiger partial charge in [-0.15, -0.1) is 26.3 Å². The van der Waals surface area contributed by atoms with E-state index in [2.05, 4.69) is 39.4 Å². The van der Waals surface area contributed by atoms with Crippen LogP contribution < -0.4 is 0 Å². The molecular weight excluding hydrogens is 260 g/mol. The zero-order valence-corrected chi connectivity index (χ0v) is 14.5. The van der Waals surface area contributed by atoms with Crippen molar-refractivity contribution in [1.82, 2.24) is 0 Å².